The molecule has 2 saturated heterocycles. The molecule has 3 heteroatoms. The zero-order chi connectivity index (χ0) is 10.3. The van der Waals surface area contributed by atoms with Crippen LogP contribution in [-0.2, 0) is 9.47 Å². The van der Waals surface area contributed by atoms with Crippen LogP contribution in [0.4, 0.5) is 0 Å². The topological polar surface area (TPSA) is 25.1 Å². The Bertz CT molecular complexity index is 287. The average Bonchev–Trinajstić information content (AvgIpc) is 2.99. The van der Waals surface area contributed by atoms with Gasteiger partial charge in [-0.1, -0.05) is 0 Å². The summed E-state index contributed by atoms with van der Waals surface area (Å²) in [5.41, 5.74) is 0.460. The number of hydrogen-bond acceptors (Lipinski definition) is 3. The molecule has 0 bridgehead atoms. The standard InChI is InChI=1S/C12H18O2S/c1-11-7(13-11)3-5-9(11)15-10-6-4-8-12(10,2)14-8/h7-10H,3-6H2,1-2H3. The average molecular weight is 226 g/mol. The minimum atomic E-state index is 0.230. The summed E-state index contributed by atoms with van der Waals surface area (Å²) in [5.74, 6) is 0. The third kappa shape index (κ3) is 1.10. The van der Waals surface area contributed by atoms with Gasteiger partial charge in [0.05, 0.1) is 12.2 Å². The predicted octanol–water partition coefficient (Wildman–Crippen LogP) is 2.36. The molecule has 2 nitrogen and oxygen atoms in total. The molecule has 0 amide bonds. The molecular formula is C12H18O2S. The fourth-order valence-electron chi connectivity index (χ4n) is 3.59. The van der Waals surface area contributed by atoms with Crippen LogP contribution in [0.15, 0.2) is 0 Å². The molecule has 2 aliphatic carbocycles. The molecule has 0 spiro atoms. The number of rotatable bonds is 2. The van der Waals surface area contributed by atoms with E-state index in [1.165, 1.54) is 25.7 Å². The van der Waals surface area contributed by atoms with Gasteiger partial charge in [0.15, 0.2) is 0 Å². The lowest BCUT2D eigenvalue weighted by Gasteiger charge is -2.24. The van der Waals surface area contributed by atoms with Gasteiger partial charge >= 0.3 is 0 Å². The molecular weight excluding hydrogens is 208 g/mol. The second-order valence-corrected chi connectivity index (χ2v) is 7.26. The molecule has 2 saturated carbocycles. The van der Waals surface area contributed by atoms with Crippen LogP contribution in [0.25, 0.3) is 0 Å². The van der Waals surface area contributed by atoms with Crippen LogP contribution >= 0.6 is 11.8 Å². The van der Waals surface area contributed by atoms with Crippen LogP contribution in [0, 0.1) is 0 Å². The lowest BCUT2D eigenvalue weighted by molar-refractivity contribution is 0.262. The van der Waals surface area contributed by atoms with E-state index in [1.54, 1.807) is 0 Å². The largest absolute Gasteiger partial charge is 0.365 e. The number of hydrogen-bond donors (Lipinski definition) is 0. The first-order chi connectivity index (χ1) is 7.13. The molecule has 4 rings (SSSR count). The van der Waals surface area contributed by atoms with E-state index < -0.39 is 0 Å². The summed E-state index contributed by atoms with van der Waals surface area (Å²) >= 11 is 2.16. The Morgan fingerprint density at radius 1 is 0.867 bits per heavy atom. The van der Waals surface area contributed by atoms with E-state index >= 15 is 0 Å². The van der Waals surface area contributed by atoms with E-state index in [0.717, 1.165) is 10.5 Å². The molecule has 2 heterocycles. The lowest BCUT2D eigenvalue weighted by atomic mass is 10.1. The predicted molar refractivity (Wildman–Crippen MR) is 60.2 cm³/mol. The van der Waals surface area contributed by atoms with Crippen LogP contribution in [0.2, 0.25) is 0 Å². The number of ether oxygens (including phenoxy) is 2. The lowest BCUT2D eigenvalue weighted by Crippen LogP contribution is -2.28. The number of fused-ring (bicyclic) bond motifs is 2. The van der Waals surface area contributed by atoms with Crippen molar-refractivity contribution >= 4 is 11.8 Å². The first-order valence-corrected chi connectivity index (χ1v) is 7.08. The molecule has 15 heavy (non-hydrogen) atoms. The fourth-order valence-corrected chi connectivity index (χ4v) is 5.48. The van der Waals surface area contributed by atoms with Gasteiger partial charge in [-0.15, -0.1) is 11.8 Å². The van der Waals surface area contributed by atoms with Gasteiger partial charge in [0, 0.05) is 10.5 Å². The zero-order valence-electron chi connectivity index (χ0n) is 9.36. The molecule has 4 fully saturated rings. The van der Waals surface area contributed by atoms with Gasteiger partial charge in [-0.25, -0.2) is 0 Å². The highest BCUT2D eigenvalue weighted by atomic mass is 32.2. The minimum Gasteiger partial charge on any atom is -0.365 e. The molecule has 6 unspecified atom stereocenters. The second-order valence-electron chi connectivity index (χ2n) is 5.85. The van der Waals surface area contributed by atoms with Crippen LogP contribution < -0.4 is 0 Å². The summed E-state index contributed by atoms with van der Waals surface area (Å²) in [6.45, 7) is 4.59. The zero-order valence-corrected chi connectivity index (χ0v) is 10.2. The second kappa shape index (κ2) is 2.57. The van der Waals surface area contributed by atoms with Crippen LogP contribution in [-0.4, -0.2) is 33.9 Å². The maximum atomic E-state index is 5.78. The quantitative estimate of drug-likeness (QED) is 0.676. The Labute approximate surface area is 95.1 Å². The Morgan fingerprint density at radius 3 is 1.60 bits per heavy atom. The smallest absolute Gasteiger partial charge is 0.104 e. The SMILES string of the molecule is CC12OC1CCC2SC1CCC2OC21C. The van der Waals surface area contributed by atoms with E-state index in [0.29, 0.717) is 12.2 Å². The van der Waals surface area contributed by atoms with Crippen molar-refractivity contribution in [2.75, 3.05) is 0 Å². The van der Waals surface area contributed by atoms with Crippen molar-refractivity contribution in [1.82, 2.24) is 0 Å². The fraction of sp³-hybridized carbons (Fsp3) is 1.00. The van der Waals surface area contributed by atoms with Crippen molar-refractivity contribution < 1.29 is 9.47 Å². The highest BCUT2D eigenvalue weighted by molar-refractivity contribution is 8.00. The van der Waals surface area contributed by atoms with E-state index in [2.05, 4.69) is 25.6 Å². The van der Waals surface area contributed by atoms with Gasteiger partial charge in [-0.05, 0) is 39.5 Å². The minimum absolute atomic E-state index is 0.230. The summed E-state index contributed by atoms with van der Waals surface area (Å²) in [5, 5.41) is 1.46. The normalized spacial score (nSPS) is 65.2. The summed E-state index contributed by atoms with van der Waals surface area (Å²) in [6, 6.07) is 0. The van der Waals surface area contributed by atoms with Gasteiger partial charge < -0.3 is 9.47 Å². The molecule has 2 aliphatic heterocycles. The van der Waals surface area contributed by atoms with Crippen molar-refractivity contribution in [2.24, 2.45) is 0 Å². The molecule has 0 radical (unpaired) electrons. The summed E-state index contributed by atoms with van der Waals surface area (Å²) in [4.78, 5) is 0. The van der Waals surface area contributed by atoms with E-state index in [9.17, 15) is 0 Å². The first kappa shape index (κ1) is 9.32. The Morgan fingerprint density at radius 2 is 1.33 bits per heavy atom. The van der Waals surface area contributed by atoms with Gasteiger partial charge in [0.2, 0.25) is 0 Å². The molecule has 0 N–H and O–H groups in total. The van der Waals surface area contributed by atoms with Gasteiger partial charge in [-0.3, -0.25) is 0 Å². The van der Waals surface area contributed by atoms with Crippen molar-refractivity contribution in [3.05, 3.63) is 0 Å². The number of thioether (sulfide) groups is 1. The van der Waals surface area contributed by atoms with Crippen LogP contribution in [0.5, 0.6) is 0 Å². The monoisotopic (exact) mass is 226 g/mol. The summed E-state index contributed by atoms with van der Waals surface area (Å²) in [6.07, 6.45) is 6.43. The highest BCUT2D eigenvalue weighted by Crippen LogP contribution is 2.60. The van der Waals surface area contributed by atoms with Gasteiger partial charge in [0.1, 0.15) is 11.2 Å². The maximum Gasteiger partial charge on any atom is 0.104 e. The first-order valence-electron chi connectivity index (χ1n) is 6.14. The van der Waals surface area contributed by atoms with Crippen LogP contribution in [0.1, 0.15) is 39.5 Å². The molecule has 0 aromatic rings. The van der Waals surface area contributed by atoms with E-state index in [-0.39, 0.29) is 11.2 Å². The molecule has 0 aromatic heterocycles. The van der Waals surface area contributed by atoms with Crippen molar-refractivity contribution in [3.8, 4) is 0 Å². The molecule has 4 aliphatic rings. The molecule has 84 valence electrons. The van der Waals surface area contributed by atoms with E-state index in [4.69, 9.17) is 9.47 Å². The Kier molecular flexibility index (Phi) is 1.60. The third-order valence-corrected chi connectivity index (χ3v) is 7.01. The van der Waals surface area contributed by atoms with Gasteiger partial charge in [-0.2, -0.15) is 0 Å². The van der Waals surface area contributed by atoms with E-state index in [1.807, 2.05) is 0 Å². The maximum absolute atomic E-state index is 5.78. The van der Waals surface area contributed by atoms with Crippen molar-refractivity contribution in [3.63, 3.8) is 0 Å². The van der Waals surface area contributed by atoms with Crippen molar-refractivity contribution in [2.45, 2.75) is 73.4 Å². The Hall–Kier alpha value is 0.270. The molecule has 6 atom stereocenters. The van der Waals surface area contributed by atoms with Crippen LogP contribution in [0.3, 0.4) is 0 Å². The summed E-state index contributed by atoms with van der Waals surface area (Å²) < 4.78 is 11.6. The highest BCUT2D eigenvalue weighted by Gasteiger charge is 2.66. The summed E-state index contributed by atoms with van der Waals surface area (Å²) in [7, 11) is 0. The Balaban J connectivity index is 1.48. The van der Waals surface area contributed by atoms with Crippen molar-refractivity contribution in [1.29, 1.82) is 0 Å². The number of epoxide rings is 2. The third-order valence-electron chi connectivity index (χ3n) is 4.95. The molecule has 0 aromatic carbocycles. The van der Waals surface area contributed by atoms with Gasteiger partial charge in [0.25, 0.3) is 0 Å².